The molecule has 0 aliphatic rings. The van der Waals surface area contributed by atoms with Crippen molar-refractivity contribution >= 4 is 40.6 Å². The van der Waals surface area contributed by atoms with Gasteiger partial charge in [-0.3, -0.25) is 9.59 Å². The van der Waals surface area contributed by atoms with Gasteiger partial charge in [-0.15, -0.1) is 10.2 Å². The highest BCUT2D eigenvalue weighted by Crippen LogP contribution is 2.30. The van der Waals surface area contributed by atoms with Gasteiger partial charge in [0.05, 0.1) is 20.0 Å². The summed E-state index contributed by atoms with van der Waals surface area (Å²) in [6, 6.07) is 13.0. The first-order valence-electron chi connectivity index (χ1n) is 9.31. The van der Waals surface area contributed by atoms with E-state index in [0.717, 1.165) is 22.5 Å². The Balaban J connectivity index is 1.49. The molecule has 3 aromatic rings. The molecule has 8 nitrogen and oxygen atoms in total. The molecule has 0 aliphatic carbocycles. The molecule has 31 heavy (non-hydrogen) atoms. The number of anilines is 1. The van der Waals surface area contributed by atoms with Crippen molar-refractivity contribution in [2.45, 2.75) is 17.8 Å². The zero-order chi connectivity index (χ0) is 22.2. The molecule has 2 aromatic carbocycles. The molecule has 0 saturated carbocycles. The second kappa shape index (κ2) is 10.8. The Morgan fingerprint density at radius 2 is 1.84 bits per heavy atom. The number of aryl methyl sites for hydroxylation is 1. The van der Waals surface area contributed by atoms with E-state index in [1.165, 1.54) is 11.8 Å². The van der Waals surface area contributed by atoms with Crippen LogP contribution in [0.5, 0.6) is 11.5 Å². The fraction of sp³-hybridized carbons (Fsp3) is 0.238. The Bertz CT molecular complexity index is 1050. The molecule has 2 amide bonds. The number of hydrogen-bond acceptors (Lipinski definition) is 8. The SMILES string of the molecule is COc1cccc(CNC(=O)CSc2nnc(C(=O)Nc3ccc(C)cc3)s2)c1OC. The van der Waals surface area contributed by atoms with Gasteiger partial charge in [0, 0.05) is 17.8 Å². The second-order valence-electron chi connectivity index (χ2n) is 6.41. The average Bonchev–Trinajstić information content (AvgIpc) is 3.26. The summed E-state index contributed by atoms with van der Waals surface area (Å²) in [7, 11) is 3.12. The van der Waals surface area contributed by atoms with E-state index >= 15 is 0 Å². The number of rotatable bonds is 9. The van der Waals surface area contributed by atoms with Crippen LogP contribution in [0.25, 0.3) is 0 Å². The number of hydrogen-bond donors (Lipinski definition) is 2. The van der Waals surface area contributed by atoms with Crippen molar-refractivity contribution in [3.63, 3.8) is 0 Å². The Labute approximate surface area is 188 Å². The molecule has 0 unspecified atom stereocenters. The molecule has 1 aromatic heterocycles. The third kappa shape index (κ3) is 6.19. The maximum Gasteiger partial charge on any atom is 0.286 e. The van der Waals surface area contributed by atoms with Crippen LogP contribution >= 0.6 is 23.1 Å². The van der Waals surface area contributed by atoms with Crippen molar-refractivity contribution < 1.29 is 19.1 Å². The quantitative estimate of drug-likeness (QED) is 0.473. The summed E-state index contributed by atoms with van der Waals surface area (Å²) in [5, 5.41) is 13.8. The van der Waals surface area contributed by atoms with E-state index in [2.05, 4.69) is 20.8 Å². The number of para-hydroxylation sites is 1. The van der Waals surface area contributed by atoms with Crippen LogP contribution in [0.15, 0.2) is 46.8 Å². The fourth-order valence-corrected chi connectivity index (χ4v) is 4.22. The predicted octanol–water partition coefficient (Wildman–Crippen LogP) is 3.52. The highest BCUT2D eigenvalue weighted by Gasteiger charge is 2.15. The standard InChI is InChI=1S/C21H22N4O4S2/c1-13-7-9-15(10-8-13)23-19(27)20-24-25-21(31-20)30-12-17(26)22-11-14-5-4-6-16(28-2)18(14)29-3/h4-10H,11-12H2,1-3H3,(H,22,26)(H,23,27). The summed E-state index contributed by atoms with van der Waals surface area (Å²) >= 11 is 2.37. The average molecular weight is 459 g/mol. The summed E-state index contributed by atoms with van der Waals surface area (Å²) in [6.07, 6.45) is 0. The Hall–Kier alpha value is -3.11. The lowest BCUT2D eigenvalue weighted by atomic mass is 10.2. The van der Waals surface area contributed by atoms with Gasteiger partial charge in [0.25, 0.3) is 5.91 Å². The molecule has 0 radical (unpaired) electrons. The largest absolute Gasteiger partial charge is 0.493 e. The molecule has 1 heterocycles. The van der Waals surface area contributed by atoms with Crippen LogP contribution in [0.4, 0.5) is 5.69 Å². The van der Waals surface area contributed by atoms with Crippen LogP contribution in [0.3, 0.4) is 0 Å². The molecule has 0 saturated heterocycles. The highest BCUT2D eigenvalue weighted by molar-refractivity contribution is 8.01. The Morgan fingerprint density at radius 3 is 2.55 bits per heavy atom. The molecular weight excluding hydrogens is 436 g/mol. The number of carbonyl (C=O) groups excluding carboxylic acids is 2. The lowest BCUT2D eigenvalue weighted by Crippen LogP contribution is -2.24. The monoisotopic (exact) mass is 458 g/mol. The first-order chi connectivity index (χ1) is 15.0. The van der Waals surface area contributed by atoms with Crippen LogP contribution in [-0.2, 0) is 11.3 Å². The van der Waals surface area contributed by atoms with Gasteiger partial charge in [-0.05, 0) is 25.1 Å². The molecular formula is C21H22N4O4S2. The molecule has 3 rings (SSSR count). The molecule has 0 atom stereocenters. The number of methoxy groups -OCH3 is 2. The number of thioether (sulfide) groups is 1. The number of aromatic nitrogens is 2. The third-order valence-electron chi connectivity index (χ3n) is 4.20. The van der Waals surface area contributed by atoms with Gasteiger partial charge < -0.3 is 20.1 Å². The van der Waals surface area contributed by atoms with Crippen molar-refractivity contribution in [3.05, 3.63) is 58.6 Å². The predicted molar refractivity (Wildman–Crippen MR) is 121 cm³/mol. The van der Waals surface area contributed by atoms with Crippen LogP contribution in [-0.4, -0.2) is 42.0 Å². The van der Waals surface area contributed by atoms with Crippen LogP contribution < -0.4 is 20.1 Å². The molecule has 162 valence electrons. The Kier molecular flexibility index (Phi) is 7.85. The van der Waals surface area contributed by atoms with Gasteiger partial charge in [0.2, 0.25) is 10.9 Å². The normalized spacial score (nSPS) is 10.4. The lowest BCUT2D eigenvalue weighted by molar-refractivity contribution is -0.118. The van der Waals surface area contributed by atoms with E-state index < -0.39 is 0 Å². The number of amides is 2. The summed E-state index contributed by atoms with van der Waals surface area (Å²) in [5.41, 5.74) is 2.61. The van der Waals surface area contributed by atoms with E-state index in [1.807, 2.05) is 43.3 Å². The van der Waals surface area contributed by atoms with Crippen molar-refractivity contribution in [1.29, 1.82) is 0 Å². The van der Waals surface area contributed by atoms with E-state index in [1.54, 1.807) is 20.3 Å². The van der Waals surface area contributed by atoms with E-state index in [4.69, 9.17) is 9.47 Å². The van der Waals surface area contributed by atoms with Crippen molar-refractivity contribution in [2.24, 2.45) is 0 Å². The van der Waals surface area contributed by atoms with Crippen molar-refractivity contribution in [2.75, 3.05) is 25.3 Å². The maximum absolute atomic E-state index is 12.3. The third-order valence-corrected chi connectivity index (χ3v) is 6.25. The number of benzene rings is 2. The van der Waals surface area contributed by atoms with Crippen LogP contribution in [0, 0.1) is 6.92 Å². The van der Waals surface area contributed by atoms with Crippen LogP contribution in [0.1, 0.15) is 20.9 Å². The highest BCUT2D eigenvalue weighted by atomic mass is 32.2. The number of nitrogens with zero attached hydrogens (tertiary/aromatic N) is 2. The van der Waals surface area contributed by atoms with Crippen molar-refractivity contribution in [1.82, 2.24) is 15.5 Å². The minimum absolute atomic E-state index is 0.153. The number of ether oxygens (including phenoxy) is 2. The minimum Gasteiger partial charge on any atom is -0.493 e. The minimum atomic E-state index is -0.331. The van der Waals surface area contributed by atoms with E-state index in [0.29, 0.717) is 28.1 Å². The topological polar surface area (TPSA) is 102 Å². The number of carbonyl (C=O) groups is 2. The first-order valence-corrected chi connectivity index (χ1v) is 11.1. The lowest BCUT2D eigenvalue weighted by Gasteiger charge is -2.13. The van der Waals surface area contributed by atoms with Crippen LogP contribution in [0.2, 0.25) is 0 Å². The zero-order valence-electron chi connectivity index (χ0n) is 17.3. The van der Waals surface area contributed by atoms with Gasteiger partial charge in [-0.1, -0.05) is 52.9 Å². The first kappa shape index (κ1) is 22.6. The fourth-order valence-electron chi connectivity index (χ4n) is 2.65. The molecule has 2 N–H and O–H groups in total. The molecule has 0 aliphatic heterocycles. The molecule has 10 heteroatoms. The van der Waals surface area contributed by atoms with E-state index in [-0.39, 0.29) is 22.6 Å². The van der Waals surface area contributed by atoms with E-state index in [9.17, 15) is 9.59 Å². The summed E-state index contributed by atoms with van der Waals surface area (Å²) in [4.78, 5) is 24.5. The number of nitrogens with one attached hydrogen (secondary N) is 2. The van der Waals surface area contributed by atoms with Gasteiger partial charge in [0.15, 0.2) is 15.8 Å². The van der Waals surface area contributed by atoms with Gasteiger partial charge in [-0.2, -0.15) is 0 Å². The summed E-state index contributed by atoms with van der Waals surface area (Å²) in [6.45, 7) is 2.28. The molecule has 0 fully saturated rings. The van der Waals surface area contributed by atoms with Crippen molar-refractivity contribution in [3.8, 4) is 11.5 Å². The zero-order valence-corrected chi connectivity index (χ0v) is 18.9. The van der Waals surface area contributed by atoms with Gasteiger partial charge >= 0.3 is 0 Å². The second-order valence-corrected chi connectivity index (χ2v) is 8.61. The summed E-state index contributed by atoms with van der Waals surface area (Å²) < 4.78 is 11.2. The molecule has 0 spiro atoms. The summed E-state index contributed by atoms with van der Waals surface area (Å²) in [5.74, 6) is 0.847. The maximum atomic E-state index is 12.3. The van der Waals surface area contributed by atoms with Gasteiger partial charge in [-0.25, -0.2) is 0 Å². The Morgan fingerprint density at radius 1 is 1.06 bits per heavy atom. The molecule has 0 bridgehead atoms. The smallest absolute Gasteiger partial charge is 0.286 e. The van der Waals surface area contributed by atoms with Gasteiger partial charge in [0.1, 0.15) is 0 Å².